The number of ether oxygens (including phenoxy) is 1. The molecule has 14 heavy (non-hydrogen) atoms. The molecule has 0 spiro atoms. The number of methoxy groups -OCH3 is 1. The molecule has 0 saturated carbocycles. The van der Waals surface area contributed by atoms with E-state index >= 15 is 0 Å². The number of benzene rings is 1. The molecule has 0 fully saturated rings. The summed E-state index contributed by atoms with van der Waals surface area (Å²) in [5.74, 6) is 1.61. The third kappa shape index (κ3) is 1.54. The van der Waals surface area contributed by atoms with E-state index in [0.29, 0.717) is 5.92 Å². The summed E-state index contributed by atoms with van der Waals surface area (Å²) in [5.41, 5.74) is 4.27. The van der Waals surface area contributed by atoms with Crippen molar-refractivity contribution in [1.82, 2.24) is 0 Å². The van der Waals surface area contributed by atoms with Crippen LogP contribution in [-0.4, -0.2) is 7.11 Å². The topological polar surface area (TPSA) is 9.23 Å². The number of allylic oxidation sites excluding steroid dienone is 1. The Morgan fingerprint density at radius 1 is 1.29 bits per heavy atom. The van der Waals surface area contributed by atoms with E-state index in [-0.39, 0.29) is 0 Å². The zero-order valence-corrected chi connectivity index (χ0v) is 9.00. The Hall–Kier alpha value is -1.24. The molecule has 1 aromatic carbocycles. The maximum Gasteiger partial charge on any atom is 0.119 e. The predicted octanol–water partition coefficient (Wildman–Crippen LogP) is 3.29. The molecule has 0 unspecified atom stereocenters. The summed E-state index contributed by atoms with van der Waals surface area (Å²) < 4.78 is 5.21. The van der Waals surface area contributed by atoms with Crippen molar-refractivity contribution in [2.75, 3.05) is 7.11 Å². The molecule has 0 atom stereocenters. The van der Waals surface area contributed by atoms with Crippen molar-refractivity contribution in [3.8, 4) is 5.75 Å². The molecule has 2 rings (SSSR count). The molecule has 1 aliphatic carbocycles. The van der Waals surface area contributed by atoms with Gasteiger partial charge in [-0.2, -0.15) is 0 Å². The summed E-state index contributed by atoms with van der Waals surface area (Å²) in [6.45, 7) is 4.49. The van der Waals surface area contributed by atoms with Gasteiger partial charge in [0.25, 0.3) is 0 Å². The second kappa shape index (κ2) is 3.49. The van der Waals surface area contributed by atoms with Gasteiger partial charge in [-0.25, -0.2) is 0 Å². The zero-order chi connectivity index (χ0) is 10.1. The molecule has 0 saturated heterocycles. The van der Waals surface area contributed by atoms with Crippen molar-refractivity contribution in [1.29, 1.82) is 0 Å². The minimum absolute atomic E-state index is 0.647. The van der Waals surface area contributed by atoms with Crippen molar-refractivity contribution in [3.05, 3.63) is 34.9 Å². The average Bonchev–Trinajstić information content (AvgIpc) is 2.59. The molecule has 0 bridgehead atoms. The van der Waals surface area contributed by atoms with E-state index in [1.807, 2.05) is 6.07 Å². The van der Waals surface area contributed by atoms with Gasteiger partial charge in [0.15, 0.2) is 0 Å². The molecule has 1 nitrogen and oxygen atoms in total. The van der Waals surface area contributed by atoms with E-state index in [4.69, 9.17) is 4.74 Å². The fourth-order valence-electron chi connectivity index (χ4n) is 1.84. The highest BCUT2D eigenvalue weighted by Gasteiger charge is 2.15. The van der Waals surface area contributed by atoms with Crippen molar-refractivity contribution in [2.45, 2.75) is 20.3 Å². The van der Waals surface area contributed by atoms with Crippen LogP contribution in [0.15, 0.2) is 23.8 Å². The van der Waals surface area contributed by atoms with Gasteiger partial charge in [-0.3, -0.25) is 0 Å². The molecule has 0 N–H and O–H groups in total. The first-order chi connectivity index (χ1) is 6.70. The maximum absolute atomic E-state index is 5.21. The van der Waals surface area contributed by atoms with E-state index in [1.54, 1.807) is 7.11 Å². The normalized spacial score (nSPS) is 14.1. The molecule has 0 aromatic heterocycles. The highest BCUT2D eigenvalue weighted by Crippen LogP contribution is 2.31. The Morgan fingerprint density at radius 2 is 2.07 bits per heavy atom. The van der Waals surface area contributed by atoms with Crippen LogP contribution < -0.4 is 4.74 Å². The molecular formula is C13H16O. The minimum atomic E-state index is 0.647. The van der Waals surface area contributed by atoms with Crippen LogP contribution in [0.5, 0.6) is 5.75 Å². The molecule has 1 aromatic rings. The standard InChI is InChI=1S/C13H16O/c1-9(2)11-6-10-4-5-13(14-3)8-12(10)7-11/h4-6,8-9H,7H2,1-3H3. The van der Waals surface area contributed by atoms with E-state index in [9.17, 15) is 0 Å². The first kappa shape index (κ1) is 9.32. The average molecular weight is 188 g/mol. The molecule has 0 amide bonds. The van der Waals surface area contributed by atoms with E-state index < -0.39 is 0 Å². The van der Waals surface area contributed by atoms with Crippen LogP contribution >= 0.6 is 0 Å². The van der Waals surface area contributed by atoms with Crippen LogP contribution in [0.25, 0.3) is 6.08 Å². The number of rotatable bonds is 2. The summed E-state index contributed by atoms with van der Waals surface area (Å²) in [7, 11) is 1.72. The SMILES string of the molecule is COc1ccc2c(c1)CC(C(C)C)=C2. The van der Waals surface area contributed by atoms with Gasteiger partial charge in [-0.1, -0.05) is 31.6 Å². The summed E-state index contributed by atoms with van der Waals surface area (Å²) in [5, 5.41) is 0. The lowest BCUT2D eigenvalue weighted by Gasteiger charge is -2.05. The van der Waals surface area contributed by atoms with E-state index in [0.717, 1.165) is 12.2 Å². The van der Waals surface area contributed by atoms with Gasteiger partial charge in [-0.05, 0) is 35.6 Å². The third-order valence-electron chi connectivity index (χ3n) is 2.83. The Labute approximate surface area is 85.4 Å². The van der Waals surface area contributed by atoms with E-state index in [1.165, 1.54) is 16.7 Å². The van der Waals surface area contributed by atoms with Crippen molar-refractivity contribution in [3.63, 3.8) is 0 Å². The fourth-order valence-corrected chi connectivity index (χ4v) is 1.84. The van der Waals surface area contributed by atoms with Gasteiger partial charge >= 0.3 is 0 Å². The molecular weight excluding hydrogens is 172 g/mol. The summed E-state index contributed by atoms with van der Waals surface area (Å²) in [6, 6.07) is 6.31. The molecule has 0 aliphatic heterocycles. The third-order valence-corrected chi connectivity index (χ3v) is 2.83. The first-order valence-electron chi connectivity index (χ1n) is 5.08. The monoisotopic (exact) mass is 188 g/mol. The zero-order valence-electron chi connectivity index (χ0n) is 9.00. The Kier molecular flexibility index (Phi) is 2.32. The van der Waals surface area contributed by atoms with Crippen LogP contribution in [0.4, 0.5) is 0 Å². The van der Waals surface area contributed by atoms with Gasteiger partial charge in [0.1, 0.15) is 5.75 Å². The predicted molar refractivity (Wildman–Crippen MR) is 59.5 cm³/mol. The van der Waals surface area contributed by atoms with Crippen molar-refractivity contribution >= 4 is 6.08 Å². The van der Waals surface area contributed by atoms with Crippen molar-refractivity contribution in [2.24, 2.45) is 5.92 Å². The van der Waals surface area contributed by atoms with Crippen LogP contribution in [0.2, 0.25) is 0 Å². The Bertz CT molecular complexity index is 375. The van der Waals surface area contributed by atoms with Gasteiger partial charge in [0.2, 0.25) is 0 Å². The highest BCUT2D eigenvalue weighted by atomic mass is 16.5. The molecule has 0 radical (unpaired) electrons. The van der Waals surface area contributed by atoms with Crippen LogP contribution in [0, 0.1) is 5.92 Å². The second-order valence-corrected chi connectivity index (χ2v) is 4.12. The summed E-state index contributed by atoms with van der Waals surface area (Å²) >= 11 is 0. The molecule has 0 heterocycles. The Morgan fingerprint density at radius 3 is 2.71 bits per heavy atom. The number of fused-ring (bicyclic) bond motifs is 1. The van der Waals surface area contributed by atoms with E-state index in [2.05, 4.69) is 32.1 Å². The summed E-state index contributed by atoms with van der Waals surface area (Å²) in [4.78, 5) is 0. The lowest BCUT2D eigenvalue weighted by atomic mass is 10.0. The van der Waals surface area contributed by atoms with Crippen molar-refractivity contribution < 1.29 is 4.74 Å². The highest BCUT2D eigenvalue weighted by molar-refractivity contribution is 5.65. The molecule has 74 valence electrons. The number of hydrogen-bond donors (Lipinski definition) is 0. The summed E-state index contributed by atoms with van der Waals surface area (Å²) in [6.07, 6.45) is 3.39. The molecule has 1 aliphatic rings. The largest absolute Gasteiger partial charge is 0.497 e. The van der Waals surface area contributed by atoms with Gasteiger partial charge in [0, 0.05) is 0 Å². The number of hydrogen-bond acceptors (Lipinski definition) is 1. The second-order valence-electron chi connectivity index (χ2n) is 4.12. The van der Waals surface area contributed by atoms with Crippen LogP contribution in [0.3, 0.4) is 0 Å². The molecule has 1 heteroatoms. The smallest absolute Gasteiger partial charge is 0.119 e. The van der Waals surface area contributed by atoms with Crippen LogP contribution in [-0.2, 0) is 6.42 Å². The Balaban J connectivity index is 2.31. The lowest BCUT2D eigenvalue weighted by molar-refractivity contribution is 0.414. The van der Waals surface area contributed by atoms with Gasteiger partial charge in [0.05, 0.1) is 7.11 Å². The lowest BCUT2D eigenvalue weighted by Crippen LogP contribution is -1.93. The minimum Gasteiger partial charge on any atom is -0.497 e. The van der Waals surface area contributed by atoms with Crippen LogP contribution in [0.1, 0.15) is 25.0 Å². The fraction of sp³-hybridized carbons (Fsp3) is 0.385. The maximum atomic E-state index is 5.21. The van der Waals surface area contributed by atoms with Gasteiger partial charge < -0.3 is 4.74 Å². The first-order valence-corrected chi connectivity index (χ1v) is 5.08. The van der Waals surface area contributed by atoms with Gasteiger partial charge in [-0.15, -0.1) is 0 Å². The quantitative estimate of drug-likeness (QED) is 0.692.